The van der Waals surface area contributed by atoms with Crippen LogP contribution in [0.15, 0.2) is 54.7 Å². The highest BCUT2D eigenvalue weighted by molar-refractivity contribution is 5.94. The number of halogens is 1. The number of benzene rings is 2. The minimum absolute atomic E-state index is 0. The van der Waals surface area contributed by atoms with Crippen LogP contribution in [0, 0.1) is 6.92 Å². The van der Waals surface area contributed by atoms with Crippen LogP contribution in [0.25, 0.3) is 21.8 Å². The Labute approximate surface area is 189 Å². The van der Waals surface area contributed by atoms with Gasteiger partial charge in [-0.1, -0.05) is 0 Å². The van der Waals surface area contributed by atoms with Crippen LogP contribution in [-0.2, 0) is 0 Å². The van der Waals surface area contributed by atoms with Crippen molar-refractivity contribution in [3.05, 3.63) is 60.4 Å². The highest BCUT2D eigenvalue weighted by atomic mass is 35.5. The number of hydrogen-bond acceptors (Lipinski definition) is 4. The molecule has 0 radical (unpaired) electrons. The number of anilines is 2. The quantitative estimate of drug-likeness (QED) is 0.346. The van der Waals surface area contributed by atoms with Crippen molar-refractivity contribution in [2.75, 3.05) is 31.6 Å². The molecular formula is C25H29ClN4O. The normalized spacial score (nSPS) is 14.1. The van der Waals surface area contributed by atoms with Crippen LogP contribution in [0.2, 0.25) is 0 Å². The highest BCUT2D eigenvalue weighted by Crippen LogP contribution is 2.29. The number of pyridine rings is 1. The second-order valence-corrected chi connectivity index (χ2v) is 8.17. The minimum Gasteiger partial charge on any atom is -0.493 e. The smallest absolute Gasteiger partial charge is 0.121 e. The van der Waals surface area contributed by atoms with Gasteiger partial charge in [-0.25, -0.2) is 0 Å². The van der Waals surface area contributed by atoms with Gasteiger partial charge in [0.25, 0.3) is 0 Å². The fourth-order valence-electron chi connectivity index (χ4n) is 4.32. The van der Waals surface area contributed by atoms with Gasteiger partial charge in [0.15, 0.2) is 0 Å². The molecule has 31 heavy (non-hydrogen) atoms. The molecule has 1 saturated heterocycles. The molecule has 1 fully saturated rings. The Bertz CT molecular complexity index is 1170. The molecular weight excluding hydrogens is 408 g/mol. The molecule has 4 aromatic rings. The van der Waals surface area contributed by atoms with Gasteiger partial charge < -0.3 is 19.9 Å². The molecule has 0 spiro atoms. The Kier molecular flexibility index (Phi) is 6.64. The van der Waals surface area contributed by atoms with Crippen LogP contribution < -0.4 is 10.1 Å². The van der Waals surface area contributed by atoms with Crippen LogP contribution in [0.1, 0.15) is 25.0 Å². The molecule has 0 saturated carbocycles. The fourth-order valence-corrected chi connectivity index (χ4v) is 4.32. The summed E-state index contributed by atoms with van der Waals surface area (Å²) in [4.78, 5) is 10.4. The summed E-state index contributed by atoms with van der Waals surface area (Å²) in [5.41, 5.74) is 5.38. The lowest BCUT2D eigenvalue weighted by atomic mass is 10.1. The zero-order chi connectivity index (χ0) is 20.3. The van der Waals surface area contributed by atoms with E-state index in [0.717, 1.165) is 53.1 Å². The van der Waals surface area contributed by atoms with Crippen LogP contribution in [0.3, 0.4) is 0 Å². The van der Waals surface area contributed by atoms with Crippen molar-refractivity contribution in [3.63, 3.8) is 0 Å². The molecule has 0 amide bonds. The Morgan fingerprint density at radius 3 is 2.81 bits per heavy atom. The van der Waals surface area contributed by atoms with E-state index in [1.54, 1.807) is 0 Å². The molecule has 0 atom stereocenters. The lowest BCUT2D eigenvalue weighted by Crippen LogP contribution is -2.21. The molecule has 2 aromatic heterocycles. The molecule has 0 unspecified atom stereocenters. The van der Waals surface area contributed by atoms with Gasteiger partial charge in [0.2, 0.25) is 0 Å². The Morgan fingerprint density at radius 2 is 1.94 bits per heavy atom. The summed E-state index contributed by atoms with van der Waals surface area (Å²) in [5, 5.41) is 5.85. The summed E-state index contributed by atoms with van der Waals surface area (Å²) < 4.78 is 5.99. The van der Waals surface area contributed by atoms with Crippen LogP contribution in [-0.4, -0.2) is 41.1 Å². The van der Waals surface area contributed by atoms with Crippen molar-refractivity contribution in [1.29, 1.82) is 0 Å². The molecule has 2 N–H and O–H groups in total. The number of aryl methyl sites for hydroxylation is 1. The molecule has 0 bridgehead atoms. The standard InChI is InChI=1S/C25H28N4O.ClH/c1-18-15-19-16-20(5-8-23(19)27-18)28-24-9-10-26-25-17-21(6-7-22(24)25)30-14-4-13-29-11-2-3-12-29;/h5-10,15-17,27H,2-4,11-14H2,1H3,(H,26,28);1H. The number of nitrogens with one attached hydrogen (secondary N) is 2. The Hall–Kier alpha value is -2.76. The summed E-state index contributed by atoms with van der Waals surface area (Å²) in [6.07, 6.45) is 5.59. The Morgan fingerprint density at radius 1 is 1.06 bits per heavy atom. The van der Waals surface area contributed by atoms with E-state index in [2.05, 4.69) is 57.4 Å². The van der Waals surface area contributed by atoms with E-state index in [-0.39, 0.29) is 12.4 Å². The van der Waals surface area contributed by atoms with Gasteiger partial charge in [0.05, 0.1) is 12.1 Å². The third kappa shape index (κ3) is 4.94. The van der Waals surface area contributed by atoms with Gasteiger partial charge in [-0.2, -0.15) is 0 Å². The van der Waals surface area contributed by atoms with Gasteiger partial charge in [0.1, 0.15) is 5.75 Å². The third-order valence-electron chi connectivity index (χ3n) is 5.83. The van der Waals surface area contributed by atoms with Gasteiger partial charge in [0, 0.05) is 52.2 Å². The number of ether oxygens (including phenoxy) is 1. The van der Waals surface area contributed by atoms with Gasteiger partial charge in [-0.05, 0) is 81.7 Å². The molecule has 0 aliphatic carbocycles. The topological polar surface area (TPSA) is 53.2 Å². The highest BCUT2D eigenvalue weighted by Gasteiger charge is 2.10. The maximum atomic E-state index is 5.99. The number of likely N-dealkylation sites (tertiary alicyclic amines) is 1. The lowest BCUT2D eigenvalue weighted by molar-refractivity contribution is 0.263. The van der Waals surface area contributed by atoms with E-state index in [4.69, 9.17) is 4.74 Å². The summed E-state index contributed by atoms with van der Waals surface area (Å²) in [6, 6.07) is 16.7. The zero-order valence-corrected chi connectivity index (χ0v) is 18.7. The minimum atomic E-state index is 0. The Balaban J connectivity index is 0.00000231. The van der Waals surface area contributed by atoms with Crippen molar-refractivity contribution in [1.82, 2.24) is 14.9 Å². The first-order chi connectivity index (χ1) is 14.7. The predicted molar refractivity (Wildman–Crippen MR) is 131 cm³/mol. The van der Waals surface area contributed by atoms with Crippen molar-refractivity contribution in [3.8, 4) is 5.75 Å². The third-order valence-corrected chi connectivity index (χ3v) is 5.83. The molecule has 6 heteroatoms. The van der Waals surface area contributed by atoms with E-state index in [0.29, 0.717) is 0 Å². The van der Waals surface area contributed by atoms with E-state index in [1.165, 1.54) is 37.0 Å². The number of H-pyrrole nitrogens is 1. The first-order valence-corrected chi connectivity index (χ1v) is 10.8. The summed E-state index contributed by atoms with van der Waals surface area (Å²) in [5.74, 6) is 0.887. The molecule has 162 valence electrons. The van der Waals surface area contributed by atoms with E-state index in [9.17, 15) is 0 Å². The van der Waals surface area contributed by atoms with Gasteiger partial charge in [-0.15, -0.1) is 12.4 Å². The summed E-state index contributed by atoms with van der Waals surface area (Å²) in [6.45, 7) is 6.44. The van der Waals surface area contributed by atoms with E-state index >= 15 is 0 Å². The maximum absolute atomic E-state index is 5.99. The molecule has 5 nitrogen and oxygen atoms in total. The average molecular weight is 437 g/mol. The SMILES string of the molecule is Cc1cc2cc(Nc3ccnc4cc(OCCCN5CCCC5)ccc34)ccc2[nH]1.Cl. The molecule has 1 aliphatic rings. The maximum Gasteiger partial charge on any atom is 0.121 e. The zero-order valence-electron chi connectivity index (χ0n) is 17.9. The van der Waals surface area contributed by atoms with Crippen molar-refractivity contribution in [2.24, 2.45) is 0 Å². The number of aromatic amines is 1. The molecule has 5 rings (SSSR count). The average Bonchev–Trinajstić information content (AvgIpc) is 3.39. The predicted octanol–water partition coefficient (Wildman–Crippen LogP) is 6.05. The monoisotopic (exact) mass is 436 g/mol. The van der Waals surface area contributed by atoms with E-state index in [1.807, 2.05) is 24.4 Å². The first kappa shape index (κ1) is 21.5. The van der Waals surface area contributed by atoms with Gasteiger partial charge in [-0.3, -0.25) is 4.98 Å². The first-order valence-electron chi connectivity index (χ1n) is 10.8. The van der Waals surface area contributed by atoms with Crippen molar-refractivity contribution < 1.29 is 4.74 Å². The number of aromatic nitrogens is 2. The molecule has 2 aromatic carbocycles. The largest absolute Gasteiger partial charge is 0.493 e. The number of fused-ring (bicyclic) bond motifs is 2. The van der Waals surface area contributed by atoms with Crippen LogP contribution in [0.4, 0.5) is 11.4 Å². The van der Waals surface area contributed by atoms with Crippen molar-refractivity contribution >= 4 is 45.6 Å². The fraction of sp³-hybridized carbons (Fsp3) is 0.320. The van der Waals surface area contributed by atoms with E-state index < -0.39 is 0 Å². The number of rotatable bonds is 7. The second kappa shape index (κ2) is 9.58. The number of nitrogens with zero attached hydrogens (tertiary/aromatic N) is 2. The summed E-state index contributed by atoms with van der Waals surface area (Å²) >= 11 is 0. The molecule has 1 aliphatic heterocycles. The van der Waals surface area contributed by atoms with Gasteiger partial charge >= 0.3 is 0 Å². The summed E-state index contributed by atoms with van der Waals surface area (Å²) in [7, 11) is 0. The second-order valence-electron chi connectivity index (χ2n) is 8.17. The van der Waals surface area contributed by atoms with Crippen molar-refractivity contribution in [2.45, 2.75) is 26.2 Å². The number of hydrogen-bond donors (Lipinski definition) is 2. The van der Waals surface area contributed by atoms with Crippen LogP contribution in [0.5, 0.6) is 5.75 Å². The lowest BCUT2D eigenvalue weighted by Gasteiger charge is -2.15. The van der Waals surface area contributed by atoms with Crippen LogP contribution >= 0.6 is 12.4 Å². The molecule has 3 heterocycles.